The molecule has 1 aliphatic rings. The first-order valence-corrected chi connectivity index (χ1v) is 15.2. The number of piperazine rings is 1. The number of aliphatic carboxylic acids is 2. The highest BCUT2D eigenvalue weighted by Gasteiger charge is 2.05. The number of carboxylic acid groups (broad SMARTS) is 2. The summed E-state index contributed by atoms with van der Waals surface area (Å²) in [6.07, 6.45) is 35.8. The fraction of sp³-hybridized carbons (Fsp3) is 0.588. The van der Waals surface area contributed by atoms with E-state index in [-0.39, 0.29) is 12.3 Å². The molecule has 40 heavy (non-hydrogen) atoms. The maximum atomic E-state index is 10.4. The molecule has 0 radical (unpaired) electrons. The Bertz CT molecular complexity index is 730. The van der Waals surface area contributed by atoms with E-state index in [9.17, 15) is 14.7 Å². The molecule has 0 aromatic heterocycles. The second kappa shape index (κ2) is 34.3. The fourth-order valence-corrected chi connectivity index (χ4v) is 3.53. The van der Waals surface area contributed by atoms with Gasteiger partial charge in [-0.2, -0.15) is 0 Å². The van der Waals surface area contributed by atoms with Gasteiger partial charge in [-0.05, 0) is 63.7 Å². The molecule has 1 heterocycles. The third-order valence-corrected chi connectivity index (χ3v) is 5.69. The van der Waals surface area contributed by atoms with E-state index in [1.807, 2.05) is 26.0 Å². The van der Waals surface area contributed by atoms with Crippen LogP contribution in [0.3, 0.4) is 0 Å². The zero-order valence-corrected chi connectivity index (χ0v) is 25.5. The van der Waals surface area contributed by atoms with Crippen molar-refractivity contribution in [1.82, 2.24) is 10.6 Å². The van der Waals surface area contributed by atoms with E-state index >= 15 is 0 Å². The van der Waals surface area contributed by atoms with Gasteiger partial charge in [-0.15, -0.1) is 0 Å². The molecule has 228 valence electrons. The molecule has 6 nitrogen and oxygen atoms in total. The van der Waals surface area contributed by atoms with Gasteiger partial charge in [-0.3, -0.25) is 4.79 Å². The zero-order valence-electron chi connectivity index (χ0n) is 25.5. The largest absolute Gasteiger partial charge is 0.550 e. The van der Waals surface area contributed by atoms with Crippen molar-refractivity contribution in [3.8, 4) is 0 Å². The Hall–Kier alpha value is -2.70. The molecule has 0 amide bonds. The Kier molecular flexibility index (Phi) is 33.8. The van der Waals surface area contributed by atoms with Gasteiger partial charge in [0.25, 0.3) is 0 Å². The maximum Gasteiger partial charge on any atom is 0.303 e. The first kappa shape index (κ1) is 39.4. The van der Waals surface area contributed by atoms with Crippen LogP contribution in [0.2, 0.25) is 0 Å². The van der Waals surface area contributed by atoms with Gasteiger partial charge in [0, 0.05) is 38.6 Å². The molecule has 1 saturated heterocycles. The molecule has 1 aliphatic heterocycles. The summed E-state index contributed by atoms with van der Waals surface area (Å²) in [5.74, 6) is -1.84. The molecule has 0 aromatic rings. The Morgan fingerprint density at radius 1 is 0.650 bits per heavy atom. The summed E-state index contributed by atoms with van der Waals surface area (Å²) in [6.45, 7) is 10.7. The number of carbonyl (C=O) groups excluding carboxylic acids is 1. The highest BCUT2D eigenvalue weighted by Crippen LogP contribution is 2.11. The number of hydrogen-bond acceptors (Lipinski definition) is 5. The summed E-state index contributed by atoms with van der Waals surface area (Å²) in [4.78, 5) is 20.7. The highest BCUT2D eigenvalue weighted by atomic mass is 16.4. The minimum atomic E-state index is -0.885. The predicted octanol–water partition coefficient (Wildman–Crippen LogP) is 6.68. The van der Waals surface area contributed by atoms with E-state index in [4.69, 9.17) is 5.11 Å². The van der Waals surface area contributed by atoms with Crippen LogP contribution in [0.4, 0.5) is 0 Å². The van der Waals surface area contributed by atoms with Gasteiger partial charge in [-0.25, -0.2) is 0 Å². The first-order chi connectivity index (χ1) is 19.5. The van der Waals surface area contributed by atoms with Crippen LogP contribution in [0.25, 0.3) is 0 Å². The SMILES string of the molecule is C1CNCCN1.CC/C=C\C/C=C\C/C=C\C/C=C\C/C=C\C/C=C\CCC(=O)O.CCCC(CCC)C(=O)[O-]. The highest BCUT2D eigenvalue weighted by molar-refractivity contribution is 5.67. The number of allylic oxidation sites excluding steroid dienone is 12. The molecule has 0 aromatic carbocycles. The first-order valence-electron chi connectivity index (χ1n) is 15.2. The van der Waals surface area contributed by atoms with Crippen molar-refractivity contribution in [2.24, 2.45) is 5.92 Å². The van der Waals surface area contributed by atoms with Gasteiger partial charge >= 0.3 is 5.97 Å². The van der Waals surface area contributed by atoms with Crippen LogP contribution in [0, 0.1) is 5.92 Å². The summed E-state index contributed by atoms with van der Waals surface area (Å²) in [5.41, 5.74) is 0. The average molecular weight is 558 g/mol. The minimum absolute atomic E-state index is 0.210. The third-order valence-electron chi connectivity index (χ3n) is 5.69. The molecular formula is C34H57N2O4-. The van der Waals surface area contributed by atoms with Crippen LogP contribution in [0.5, 0.6) is 0 Å². The second-order valence-corrected chi connectivity index (χ2v) is 9.44. The van der Waals surface area contributed by atoms with Crippen LogP contribution in [-0.2, 0) is 9.59 Å². The maximum absolute atomic E-state index is 10.4. The van der Waals surface area contributed by atoms with E-state index in [1.54, 1.807) is 0 Å². The molecule has 6 heteroatoms. The molecule has 0 spiro atoms. The number of hydrogen-bond donors (Lipinski definition) is 3. The lowest BCUT2D eigenvalue weighted by atomic mass is 9.99. The summed E-state index contributed by atoms with van der Waals surface area (Å²) in [6, 6.07) is 0. The summed E-state index contributed by atoms with van der Waals surface area (Å²) in [7, 11) is 0. The lowest BCUT2D eigenvalue weighted by Gasteiger charge is -2.15. The number of carbonyl (C=O) groups is 2. The smallest absolute Gasteiger partial charge is 0.303 e. The number of carboxylic acids is 2. The van der Waals surface area contributed by atoms with Gasteiger partial charge in [0.2, 0.25) is 0 Å². The van der Waals surface area contributed by atoms with Gasteiger partial charge in [0.05, 0.1) is 0 Å². The van der Waals surface area contributed by atoms with Crippen LogP contribution in [0.15, 0.2) is 72.9 Å². The zero-order chi connectivity index (χ0) is 29.9. The third kappa shape index (κ3) is 35.3. The van der Waals surface area contributed by atoms with Gasteiger partial charge < -0.3 is 25.6 Å². The van der Waals surface area contributed by atoms with Crippen LogP contribution in [-0.4, -0.2) is 43.2 Å². The molecule has 1 fully saturated rings. The molecule has 0 bridgehead atoms. The van der Waals surface area contributed by atoms with Crippen molar-refractivity contribution in [1.29, 1.82) is 0 Å². The van der Waals surface area contributed by atoms with Crippen molar-refractivity contribution >= 4 is 11.9 Å². The molecule has 0 saturated carbocycles. The topological polar surface area (TPSA) is 101 Å². The monoisotopic (exact) mass is 557 g/mol. The van der Waals surface area contributed by atoms with Gasteiger partial charge in [0.1, 0.15) is 0 Å². The van der Waals surface area contributed by atoms with Crippen molar-refractivity contribution in [2.45, 2.75) is 97.8 Å². The van der Waals surface area contributed by atoms with Crippen molar-refractivity contribution in [3.63, 3.8) is 0 Å². The van der Waals surface area contributed by atoms with Gasteiger partial charge in [0.15, 0.2) is 0 Å². The Morgan fingerprint density at radius 2 is 1.00 bits per heavy atom. The van der Waals surface area contributed by atoms with E-state index in [1.165, 1.54) is 0 Å². The van der Waals surface area contributed by atoms with E-state index in [2.05, 4.69) is 78.3 Å². The summed E-state index contributed by atoms with van der Waals surface area (Å²) in [5, 5.41) is 25.3. The van der Waals surface area contributed by atoms with Gasteiger partial charge in [-0.1, -0.05) is 107 Å². The van der Waals surface area contributed by atoms with Crippen LogP contribution >= 0.6 is 0 Å². The van der Waals surface area contributed by atoms with Crippen molar-refractivity contribution in [3.05, 3.63) is 72.9 Å². The predicted molar refractivity (Wildman–Crippen MR) is 169 cm³/mol. The molecule has 0 atom stereocenters. The Morgan fingerprint density at radius 3 is 1.27 bits per heavy atom. The minimum Gasteiger partial charge on any atom is -0.550 e. The van der Waals surface area contributed by atoms with E-state index < -0.39 is 11.9 Å². The molecule has 0 aliphatic carbocycles. The van der Waals surface area contributed by atoms with Crippen molar-refractivity contribution < 1.29 is 19.8 Å². The summed E-state index contributed by atoms with van der Waals surface area (Å²) >= 11 is 0. The number of nitrogens with one attached hydrogen (secondary N) is 2. The molecular weight excluding hydrogens is 500 g/mol. The number of rotatable bonds is 19. The Labute approximate surface area is 245 Å². The van der Waals surface area contributed by atoms with E-state index in [0.29, 0.717) is 6.42 Å². The average Bonchev–Trinajstić information content (AvgIpc) is 2.95. The Balaban J connectivity index is 0. The molecule has 0 unspecified atom stereocenters. The second-order valence-electron chi connectivity index (χ2n) is 9.44. The lowest BCUT2D eigenvalue weighted by molar-refractivity contribution is -0.312. The molecule has 1 rings (SSSR count). The standard InChI is InChI=1S/C22H32O2.C8H16O2.C4H10N2/c1-2-3-4-5-6-7-8-9-10-11-12-13-14-15-16-17-18-19-20-21-22(23)24;1-3-5-7(6-4-2)8(9)10;1-2-6-4-3-5-1/h3-4,6-7,9-10,12-13,15-16,18-19H,2,5,8,11,14,17,20-21H2,1H3,(H,23,24);7H,3-6H2,1-2H3,(H,9,10);5-6H,1-4H2/p-1/b4-3-,7-6-,10-9-,13-12-,16-15-,19-18-;;. The van der Waals surface area contributed by atoms with E-state index in [0.717, 1.165) is 90.4 Å². The van der Waals surface area contributed by atoms with Crippen LogP contribution in [0.1, 0.15) is 97.8 Å². The van der Waals surface area contributed by atoms with Crippen LogP contribution < -0.4 is 15.7 Å². The summed E-state index contributed by atoms with van der Waals surface area (Å²) < 4.78 is 0. The quantitative estimate of drug-likeness (QED) is 0.153. The lowest BCUT2D eigenvalue weighted by Crippen LogP contribution is -2.39. The van der Waals surface area contributed by atoms with Crippen molar-refractivity contribution in [2.75, 3.05) is 26.2 Å². The molecule has 3 N–H and O–H groups in total. The normalized spacial score (nSPS) is 14.0. The fourth-order valence-electron chi connectivity index (χ4n) is 3.53.